The highest BCUT2D eigenvalue weighted by molar-refractivity contribution is 5.47. The number of nitrogens with two attached hydrogens (primary N) is 1. The summed E-state index contributed by atoms with van der Waals surface area (Å²) in [5, 5.41) is 36.1. The molecule has 1 saturated heterocycles. The molecule has 8 heteroatoms. The normalized spacial score (nSPS) is 40.4. The molecule has 0 saturated carbocycles. The van der Waals surface area contributed by atoms with E-state index in [0.717, 1.165) is 13.2 Å². The molecular formula is C9H18N2O6. The maximum absolute atomic E-state index is 9.20. The van der Waals surface area contributed by atoms with Crippen molar-refractivity contribution >= 4 is 6.40 Å². The van der Waals surface area contributed by atoms with E-state index in [1.54, 1.807) is 0 Å². The first-order valence-corrected chi connectivity index (χ1v) is 5.24. The standard InChI is InChI=1S/C6H13NO5.C3H5NO/c7-3-5(10)4(9)2(1-8)12-6(3)11;1-2-5-3-4-1/h2-6,8-11H,1,7H2;3H,1-2H2/t2-,3-,4-,5-,6?;/m1./s1. The minimum Gasteiger partial charge on any atom is -0.482 e. The van der Waals surface area contributed by atoms with Crippen LogP contribution >= 0.6 is 0 Å². The largest absolute Gasteiger partial charge is 0.482 e. The molecule has 100 valence electrons. The summed E-state index contributed by atoms with van der Waals surface area (Å²) in [4.78, 5) is 3.74. The second kappa shape index (κ2) is 6.84. The third-order valence-electron chi connectivity index (χ3n) is 2.44. The van der Waals surface area contributed by atoms with Gasteiger partial charge < -0.3 is 35.6 Å². The Hall–Kier alpha value is -0.770. The lowest BCUT2D eigenvalue weighted by molar-refractivity contribution is -0.248. The lowest BCUT2D eigenvalue weighted by Crippen LogP contribution is -2.61. The molecule has 0 aromatic rings. The van der Waals surface area contributed by atoms with E-state index in [1.165, 1.54) is 6.40 Å². The van der Waals surface area contributed by atoms with Crippen molar-refractivity contribution in [3.8, 4) is 0 Å². The van der Waals surface area contributed by atoms with Crippen LogP contribution in [0.25, 0.3) is 0 Å². The molecule has 6 N–H and O–H groups in total. The van der Waals surface area contributed by atoms with Crippen molar-refractivity contribution in [3.63, 3.8) is 0 Å². The third kappa shape index (κ3) is 3.87. The van der Waals surface area contributed by atoms with Gasteiger partial charge in [0.05, 0.1) is 19.2 Å². The number of hydrogen-bond donors (Lipinski definition) is 5. The Morgan fingerprint density at radius 1 is 1.29 bits per heavy atom. The van der Waals surface area contributed by atoms with Gasteiger partial charge >= 0.3 is 0 Å². The van der Waals surface area contributed by atoms with Gasteiger partial charge in [0.25, 0.3) is 0 Å². The van der Waals surface area contributed by atoms with Crippen LogP contribution in [-0.4, -0.2) is 77.2 Å². The van der Waals surface area contributed by atoms with Crippen molar-refractivity contribution in [2.24, 2.45) is 10.7 Å². The molecule has 0 spiro atoms. The Morgan fingerprint density at radius 2 is 2.00 bits per heavy atom. The number of ether oxygens (including phenoxy) is 2. The first kappa shape index (κ1) is 14.3. The van der Waals surface area contributed by atoms with Crippen LogP contribution in [0.2, 0.25) is 0 Å². The van der Waals surface area contributed by atoms with Crippen LogP contribution < -0.4 is 5.73 Å². The minimum absolute atomic E-state index is 0.470. The van der Waals surface area contributed by atoms with Crippen molar-refractivity contribution in [2.45, 2.75) is 30.6 Å². The van der Waals surface area contributed by atoms with Gasteiger partial charge in [-0.15, -0.1) is 0 Å². The molecule has 0 radical (unpaired) electrons. The zero-order valence-corrected chi connectivity index (χ0v) is 9.22. The van der Waals surface area contributed by atoms with Crippen LogP contribution in [0.1, 0.15) is 0 Å². The second-order valence-electron chi connectivity index (χ2n) is 3.69. The molecule has 8 nitrogen and oxygen atoms in total. The highest BCUT2D eigenvalue weighted by atomic mass is 16.6. The molecule has 2 aliphatic rings. The number of aliphatic hydroxyl groups excluding tert-OH is 4. The summed E-state index contributed by atoms with van der Waals surface area (Å²) in [6.07, 6.45) is -3.37. The monoisotopic (exact) mass is 250 g/mol. The van der Waals surface area contributed by atoms with Crippen molar-refractivity contribution < 1.29 is 29.9 Å². The van der Waals surface area contributed by atoms with E-state index in [9.17, 15) is 10.2 Å². The average molecular weight is 250 g/mol. The number of nitrogens with zero attached hydrogens (tertiary/aromatic N) is 1. The van der Waals surface area contributed by atoms with Gasteiger partial charge in [-0.3, -0.25) is 4.99 Å². The molecule has 0 aromatic carbocycles. The number of rotatable bonds is 1. The van der Waals surface area contributed by atoms with Crippen LogP contribution in [0.4, 0.5) is 0 Å². The van der Waals surface area contributed by atoms with E-state index in [1.807, 2.05) is 0 Å². The predicted octanol–water partition coefficient (Wildman–Crippen LogP) is -3.21. The maximum Gasteiger partial charge on any atom is 0.173 e. The highest BCUT2D eigenvalue weighted by Crippen LogP contribution is 2.17. The molecule has 0 aromatic heterocycles. The fourth-order valence-electron chi connectivity index (χ4n) is 1.38. The van der Waals surface area contributed by atoms with Gasteiger partial charge in [-0.1, -0.05) is 0 Å². The fourth-order valence-corrected chi connectivity index (χ4v) is 1.38. The van der Waals surface area contributed by atoms with E-state index in [0.29, 0.717) is 0 Å². The van der Waals surface area contributed by atoms with Crippen LogP contribution in [0.15, 0.2) is 4.99 Å². The molecule has 0 aliphatic carbocycles. The highest BCUT2D eigenvalue weighted by Gasteiger charge is 2.41. The predicted molar refractivity (Wildman–Crippen MR) is 57.3 cm³/mol. The summed E-state index contributed by atoms with van der Waals surface area (Å²) in [5.41, 5.74) is 5.26. The van der Waals surface area contributed by atoms with Gasteiger partial charge in [0.15, 0.2) is 12.7 Å². The SMILES string of the molecule is C1=NCCO1.N[C@H]1C(O)O[C@H](CO)[C@@H](O)[C@@H]1O. The van der Waals surface area contributed by atoms with Gasteiger partial charge in [0, 0.05) is 0 Å². The Bertz CT molecular complexity index is 241. The number of hydrogen-bond acceptors (Lipinski definition) is 8. The Balaban J connectivity index is 0.000000239. The molecule has 0 bridgehead atoms. The fraction of sp³-hybridized carbons (Fsp3) is 0.889. The average Bonchev–Trinajstić information content (AvgIpc) is 2.90. The van der Waals surface area contributed by atoms with Gasteiger partial charge in [0.2, 0.25) is 0 Å². The number of aliphatic hydroxyl groups is 4. The van der Waals surface area contributed by atoms with Crippen molar-refractivity contribution in [1.82, 2.24) is 0 Å². The maximum atomic E-state index is 9.20. The summed E-state index contributed by atoms with van der Waals surface area (Å²) < 4.78 is 9.35. The van der Waals surface area contributed by atoms with Gasteiger partial charge in [0.1, 0.15) is 24.9 Å². The summed E-state index contributed by atoms with van der Waals surface area (Å²) in [6.45, 7) is 1.15. The zero-order valence-electron chi connectivity index (χ0n) is 9.22. The summed E-state index contributed by atoms with van der Waals surface area (Å²) in [5.74, 6) is 0. The van der Waals surface area contributed by atoms with Crippen LogP contribution in [0.5, 0.6) is 0 Å². The van der Waals surface area contributed by atoms with Crippen LogP contribution in [0, 0.1) is 0 Å². The van der Waals surface area contributed by atoms with Crippen molar-refractivity contribution in [3.05, 3.63) is 0 Å². The number of aliphatic imine (C=N–C) groups is 1. The van der Waals surface area contributed by atoms with Gasteiger partial charge in [-0.05, 0) is 0 Å². The van der Waals surface area contributed by atoms with Gasteiger partial charge in [-0.2, -0.15) is 0 Å². The molecule has 5 atom stereocenters. The molecule has 2 heterocycles. The van der Waals surface area contributed by atoms with Crippen LogP contribution in [0.3, 0.4) is 0 Å². The zero-order chi connectivity index (χ0) is 12.8. The topological polar surface area (TPSA) is 138 Å². The van der Waals surface area contributed by atoms with Crippen molar-refractivity contribution in [1.29, 1.82) is 0 Å². The molecule has 17 heavy (non-hydrogen) atoms. The second-order valence-corrected chi connectivity index (χ2v) is 3.69. The van der Waals surface area contributed by atoms with Crippen molar-refractivity contribution in [2.75, 3.05) is 19.8 Å². The van der Waals surface area contributed by atoms with Gasteiger partial charge in [-0.25, -0.2) is 0 Å². The molecule has 2 rings (SSSR count). The van der Waals surface area contributed by atoms with E-state index in [2.05, 4.69) is 9.73 Å². The first-order valence-electron chi connectivity index (χ1n) is 5.24. The molecule has 2 aliphatic heterocycles. The summed E-state index contributed by atoms with van der Waals surface area (Å²) in [7, 11) is 0. The quantitative estimate of drug-likeness (QED) is 0.330. The summed E-state index contributed by atoms with van der Waals surface area (Å²) in [6, 6.07) is -1.04. The van der Waals surface area contributed by atoms with E-state index >= 15 is 0 Å². The Labute approximate surface area is 98.3 Å². The summed E-state index contributed by atoms with van der Waals surface area (Å²) >= 11 is 0. The lowest BCUT2D eigenvalue weighted by atomic mass is 9.98. The Morgan fingerprint density at radius 3 is 2.41 bits per heavy atom. The smallest absolute Gasteiger partial charge is 0.173 e. The molecular weight excluding hydrogens is 232 g/mol. The van der Waals surface area contributed by atoms with Crippen LogP contribution in [-0.2, 0) is 9.47 Å². The first-order chi connectivity index (χ1) is 8.07. The molecule has 1 unspecified atom stereocenters. The third-order valence-corrected chi connectivity index (χ3v) is 2.44. The van der Waals surface area contributed by atoms with E-state index in [4.69, 9.17) is 20.7 Å². The molecule has 0 amide bonds. The van der Waals surface area contributed by atoms with E-state index < -0.39 is 37.3 Å². The minimum atomic E-state index is -1.35. The Kier molecular flexibility index (Phi) is 5.75. The lowest BCUT2D eigenvalue weighted by Gasteiger charge is -2.38. The molecule has 1 fully saturated rings. The van der Waals surface area contributed by atoms with E-state index in [-0.39, 0.29) is 0 Å².